The molecule has 0 radical (unpaired) electrons. The van der Waals surface area contributed by atoms with Gasteiger partial charge in [0.2, 0.25) is 5.91 Å². The second-order valence-corrected chi connectivity index (χ2v) is 6.36. The van der Waals surface area contributed by atoms with Crippen molar-refractivity contribution < 1.29 is 4.79 Å². The van der Waals surface area contributed by atoms with Gasteiger partial charge in [0.25, 0.3) is 0 Å². The molecule has 2 aliphatic rings. The van der Waals surface area contributed by atoms with Gasteiger partial charge in [-0.25, -0.2) is 0 Å². The number of carbonyl (C=O) groups excluding carboxylic acids is 1. The third kappa shape index (κ3) is 3.93. The highest BCUT2D eigenvalue weighted by atomic mass is 16.2. The smallest absolute Gasteiger partial charge is 0.237 e. The molecule has 4 heteroatoms. The van der Waals surface area contributed by atoms with Crippen molar-refractivity contribution in [3.63, 3.8) is 0 Å². The first kappa shape index (κ1) is 14.8. The molecular weight excluding hydrogens is 238 g/mol. The van der Waals surface area contributed by atoms with E-state index in [4.69, 9.17) is 0 Å². The maximum Gasteiger partial charge on any atom is 0.237 e. The van der Waals surface area contributed by atoms with Crippen LogP contribution in [-0.2, 0) is 4.79 Å². The summed E-state index contributed by atoms with van der Waals surface area (Å²) in [7, 11) is 2.16. The second-order valence-electron chi connectivity index (χ2n) is 6.36. The van der Waals surface area contributed by atoms with Crippen LogP contribution < -0.4 is 10.6 Å². The van der Waals surface area contributed by atoms with Crippen LogP contribution in [0.2, 0.25) is 0 Å². The lowest BCUT2D eigenvalue weighted by Gasteiger charge is -2.36. The molecule has 0 bridgehead atoms. The first-order valence-electron chi connectivity index (χ1n) is 7.84. The number of carbonyl (C=O) groups is 1. The van der Waals surface area contributed by atoms with Gasteiger partial charge in [0.15, 0.2) is 0 Å². The molecule has 2 saturated heterocycles. The van der Waals surface area contributed by atoms with E-state index in [0.717, 1.165) is 32.4 Å². The molecule has 2 aliphatic heterocycles. The molecule has 0 aromatic carbocycles. The maximum absolute atomic E-state index is 12.3. The quantitative estimate of drug-likeness (QED) is 0.811. The van der Waals surface area contributed by atoms with E-state index < -0.39 is 0 Å². The minimum atomic E-state index is 0.0358. The van der Waals surface area contributed by atoms with Crippen molar-refractivity contribution in [2.75, 3.05) is 20.1 Å². The Balaban J connectivity index is 1.80. The Hall–Kier alpha value is -0.610. The number of piperidine rings is 2. The number of hydrogen-bond acceptors (Lipinski definition) is 3. The number of amides is 1. The zero-order chi connectivity index (χ0) is 13.8. The third-order valence-electron chi connectivity index (χ3n) is 4.96. The number of nitrogens with zero attached hydrogens (tertiary/aromatic N) is 1. The van der Waals surface area contributed by atoms with Crippen LogP contribution in [0.3, 0.4) is 0 Å². The molecule has 0 aromatic heterocycles. The Morgan fingerprint density at radius 1 is 1.37 bits per heavy atom. The van der Waals surface area contributed by atoms with E-state index in [9.17, 15) is 4.79 Å². The van der Waals surface area contributed by atoms with Crippen LogP contribution in [0, 0.1) is 5.92 Å². The van der Waals surface area contributed by atoms with E-state index in [-0.39, 0.29) is 11.9 Å². The Bertz CT molecular complexity index is 308. The molecule has 1 amide bonds. The molecule has 2 N–H and O–H groups in total. The SMILES string of the molecule is CCC1CCNC(C(=O)NC2CCN(C)C(C)C2)C1. The lowest BCUT2D eigenvalue weighted by Crippen LogP contribution is -2.54. The van der Waals surface area contributed by atoms with Crippen molar-refractivity contribution in [2.24, 2.45) is 5.92 Å². The van der Waals surface area contributed by atoms with Gasteiger partial charge in [0.1, 0.15) is 0 Å². The molecule has 4 unspecified atom stereocenters. The summed E-state index contributed by atoms with van der Waals surface area (Å²) in [4.78, 5) is 14.7. The second kappa shape index (κ2) is 6.71. The fraction of sp³-hybridized carbons (Fsp3) is 0.933. The average molecular weight is 267 g/mol. The van der Waals surface area contributed by atoms with Gasteiger partial charge in [-0.15, -0.1) is 0 Å². The normalized spacial score (nSPS) is 37.0. The van der Waals surface area contributed by atoms with Gasteiger partial charge in [-0.2, -0.15) is 0 Å². The van der Waals surface area contributed by atoms with E-state index in [0.29, 0.717) is 18.0 Å². The third-order valence-corrected chi connectivity index (χ3v) is 4.96. The van der Waals surface area contributed by atoms with Crippen molar-refractivity contribution in [1.82, 2.24) is 15.5 Å². The molecule has 2 fully saturated rings. The summed E-state index contributed by atoms with van der Waals surface area (Å²) in [5.41, 5.74) is 0. The van der Waals surface area contributed by atoms with Crippen LogP contribution in [-0.4, -0.2) is 49.1 Å². The fourth-order valence-electron chi connectivity index (χ4n) is 3.29. The summed E-state index contributed by atoms with van der Waals surface area (Å²) >= 11 is 0. The highest BCUT2D eigenvalue weighted by Crippen LogP contribution is 2.20. The minimum Gasteiger partial charge on any atom is -0.352 e. The zero-order valence-electron chi connectivity index (χ0n) is 12.6. The number of hydrogen-bond donors (Lipinski definition) is 2. The molecular formula is C15H29N3O. The van der Waals surface area contributed by atoms with Gasteiger partial charge in [-0.3, -0.25) is 4.79 Å². The number of nitrogens with one attached hydrogen (secondary N) is 2. The van der Waals surface area contributed by atoms with Crippen LogP contribution in [0.5, 0.6) is 0 Å². The molecule has 19 heavy (non-hydrogen) atoms. The van der Waals surface area contributed by atoms with Gasteiger partial charge in [-0.1, -0.05) is 13.3 Å². The van der Waals surface area contributed by atoms with E-state index in [2.05, 4.69) is 36.4 Å². The Morgan fingerprint density at radius 3 is 2.84 bits per heavy atom. The zero-order valence-corrected chi connectivity index (χ0v) is 12.6. The van der Waals surface area contributed by atoms with Crippen molar-refractivity contribution >= 4 is 5.91 Å². The molecule has 2 heterocycles. The lowest BCUT2D eigenvalue weighted by atomic mass is 9.89. The molecule has 0 spiro atoms. The summed E-state index contributed by atoms with van der Waals surface area (Å²) < 4.78 is 0. The van der Waals surface area contributed by atoms with Crippen LogP contribution in [0.1, 0.15) is 46.0 Å². The highest BCUT2D eigenvalue weighted by Gasteiger charge is 2.29. The molecule has 0 aliphatic carbocycles. The van der Waals surface area contributed by atoms with Crippen molar-refractivity contribution in [3.05, 3.63) is 0 Å². The topological polar surface area (TPSA) is 44.4 Å². The van der Waals surface area contributed by atoms with Crippen molar-refractivity contribution in [1.29, 1.82) is 0 Å². The van der Waals surface area contributed by atoms with Crippen LogP contribution >= 0.6 is 0 Å². The molecule has 2 rings (SSSR count). The minimum absolute atomic E-state index is 0.0358. The Labute approximate surface area is 117 Å². The predicted octanol–water partition coefficient (Wildman–Crippen LogP) is 1.36. The standard InChI is InChI=1S/C15H29N3O/c1-4-12-5-7-16-14(10-12)15(19)17-13-6-8-18(3)11(2)9-13/h11-14,16H,4-10H2,1-3H3,(H,17,19). The van der Waals surface area contributed by atoms with Crippen molar-refractivity contribution in [3.8, 4) is 0 Å². The van der Waals surface area contributed by atoms with Crippen LogP contribution in [0.4, 0.5) is 0 Å². The summed E-state index contributed by atoms with van der Waals surface area (Å²) in [6, 6.07) is 0.970. The van der Waals surface area contributed by atoms with Crippen LogP contribution in [0.25, 0.3) is 0 Å². The average Bonchev–Trinajstić information content (AvgIpc) is 2.43. The fourth-order valence-corrected chi connectivity index (χ4v) is 3.29. The summed E-state index contributed by atoms with van der Waals surface area (Å²) in [6.07, 6.45) is 5.56. The first-order valence-corrected chi connectivity index (χ1v) is 7.84. The lowest BCUT2D eigenvalue weighted by molar-refractivity contribution is -0.125. The molecule has 4 nitrogen and oxygen atoms in total. The van der Waals surface area contributed by atoms with Gasteiger partial charge < -0.3 is 15.5 Å². The van der Waals surface area contributed by atoms with E-state index in [1.165, 1.54) is 12.8 Å². The largest absolute Gasteiger partial charge is 0.352 e. The van der Waals surface area contributed by atoms with Gasteiger partial charge in [0, 0.05) is 18.6 Å². The summed E-state index contributed by atoms with van der Waals surface area (Å²) in [5, 5.41) is 6.63. The number of likely N-dealkylation sites (tertiary alicyclic amines) is 1. The highest BCUT2D eigenvalue weighted by molar-refractivity contribution is 5.82. The number of rotatable bonds is 3. The summed E-state index contributed by atoms with van der Waals surface area (Å²) in [5.74, 6) is 0.938. The Kier molecular flexibility index (Phi) is 5.22. The monoisotopic (exact) mass is 267 g/mol. The van der Waals surface area contributed by atoms with E-state index in [1.54, 1.807) is 0 Å². The first-order chi connectivity index (χ1) is 9.10. The van der Waals surface area contributed by atoms with Gasteiger partial charge in [0.05, 0.1) is 6.04 Å². The molecule has 110 valence electrons. The van der Waals surface area contributed by atoms with Gasteiger partial charge >= 0.3 is 0 Å². The summed E-state index contributed by atoms with van der Waals surface area (Å²) in [6.45, 7) is 6.54. The molecule has 0 aromatic rings. The van der Waals surface area contributed by atoms with Crippen LogP contribution in [0.15, 0.2) is 0 Å². The predicted molar refractivity (Wildman–Crippen MR) is 78.1 cm³/mol. The maximum atomic E-state index is 12.3. The van der Waals surface area contributed by atoms with E-state index in [1.807, 2.05) is 0 Å². The molecule has 0 saturated carbocycles. The molecule has 4 atom stereocenters. The Morgan fingerprint density at radius 2 is 2.16 bits per heavy atom. The van der Waals surface area contributed by atoms with E-state index >= 15 is 0 Å². The van der Waals surface area contributed by atoms with Crippen molar-refractivity contribution in [2.45, 2.75) is 64.1 Å². The van der Waals surface area contributed by atoms with Gasteiger partial charge in [-0.05, 0) is 52.1 Å².